The average Bonchev–Trinajstić information content (AvgIpc) is 2.38. The van der Waals surface area contributed by atoms with Crippen molar-refractivity contribution in [3.05, 3.63) is 47.1 Å². The van der Waals surface area contributed by atoms with Gasteiger partial charge in [-0.3, -0.25) is 4.79 Å². The number of hydrogen-bond donors (Lipinski definition) is 2. The van der Waals surface area contributed by atoms with Crippen LogP contribution >= 0.6 is 11.6 Å². The summed E-state index contributed by atoms with van der Waals surface area (Å²) in [4.78, 5) is 23.7. The Hall–Kier alpha value is -2.01. The molecule has 1 aromatic rings. The van der Waals surface area contributed by atoms with E-state index < -0.39 is 24.0 Å². The minimum Gasteiger partial charge on any atom is -0.465 e. The molecule has 2 unspecified atom stereocenters. The van der Waals surface area contributed by atoms with Gasteiger partial charge in [0.25, 0.3) is 0 Å². The van der Waals surface area contributed by atoms with Crippen LogP contribution in [-0.2, 0) is 9.53 Å². The summed E-state index contributed by atoms with van der Waals surface area (Å²) in [5.74, 6) is -1.10. The lowest BCUT2D eigenvalue weighted by molar-refractivity contribution is -0.147. The van der Waals surface area contributed by atoms with Crippen LogP contribution in [0.2, 0.25) is 5.02 Å². The van der Waals surface area contributed by atoms with Gasteiger partial charge in [0.2, 0.25) is 0 Å². The number of nitrogens with one attached hydrogen (secondary N) is 2. The van der Waals surface area contributed by atoms with E-state index in [1.54, 1.807) is 31.2 Å². The van der Waals surface area contributed by atoms with Gasteiger partial charge in [0.15, 0.2) is 0 Å². The molecular weight excluding hydrogens is 280 g/mol. The lowest BCUT2D eigenvalue weighted by Crippen LogP contribution is -2.51. The molecule has 0 saturated carbocycles. The molecule has 0 spiro atoms. The molecule has 0 aliphatic carbocycles. The summed E-state index contributed by atoms with van der Waals surface area (Å²) in [6.07, 6.45) is 0. The van der Waals surface area contributed by atoms with Crippen molar-refractivity contribution < 1.29 is 14.3 Å². The maximum atomic E-state index is 12.1. The second-order valence-electron chi connectivity index (χ2n) is 4.38. The van der Waals surface area contributed by atoms with Gasteiger partial charge in [0, 0.05) is 10.7 Å². The number of hydrogen-bond acceptors (Lipinski definition) is 3. The van der Waals surface area contributed by atoms with Crippen LogP contribution in [0.1, 0.15) is 18.5 Å². The Morgan fingerprint density at radius 3 is 2.65 bits per heavy atom. The molecule has 1 heterocycles. The highest BCUT2D eigenvalue weighted by Crippen LogP contribution is 2.30. The number of urea groups is 1. The largest absolute Gasteiger partial charge is 0.465 e. The summed E-state index contributed by atoms with van der Waals surface area (Å²) in [6, 6.07) is 6.02. The van der Waals surface area contributed by atoms with Crippen molar-refractivity contribution in [2.24, 2.45) is 5.92 Å². The van der Waals surface area contributed by atoms with Crippen molar-refractivity contribution in [2.75, 3.05) is 6.61 Å². The van der Waals surface area contributed by atoms with E-state index in [9.17, 15) is 9.59 Å². The van der Waals surface area contributed by atoms with Crippen molar-refractivity contribution in [1.82, 2.24) is 10.6 Å². The highest BCUT2D eigenvalue weighted by molar-refractivity contribution is 6.30. The molecule has 5 nitrogen and oxygen atoms in total. The maximum absolute atomic E-state index is 12.1. The molecule has 0 radical (unpaired) electrons. The summed E-state index contributed by atoms with van der Waals surface area (Å²) >= 11 is 5.85. The molecule has 1 aliphatic heterocycles. The second-order valence-corrected chi connectivity index (χ2v) is 4.82. The van der Waals surface area contributed by atoms with E-state index >= 15 is 0 Å². The number of esters is 1. The standard InChI is InChI=1S/C14H15ClN2O3/c1-3-20-13(18)11-8(2)16-14(19)17-12(11)9-4-6-10(15)7-5-9/h4-7,11-12H,2-3H2,1H3,(H2,16,17,19). The van der Waals surface area contributed by atoms with E-state index in [0.717, 1.165) is 5.56 Å². The van der Waals surface area contributed by atoms with Crippen LogP contribution in [0.25, 0.3) is 0 Å². The molecule has 6 heteroatoms. The fourth-order valence-electron chi connectivity index (χ4n) is 2.14. The first-order chi connectivity index (χ1) is 9.52. The van der Waals surface area contributed by atoms with Gasteiger partial charge in [-0.15, -0.1) is 0 Å². The fraction of sp³-hybridized carbons (Fsp3) is 0.286. The van der Waals surface area contributed by atoms with Gasteiger partial charge < -0.3 is 15.4 Å². The number of amides is 2. The number of carbonyl (C=O) groups is 2. The van der Waals surface area contributed by atoms with Crippen LogP contribution in [0.15, 0.2) is 36.5 Å². The molecule has 1 saturated heterocycles. The van der Waals surface area contributed by atoms with E-state index in [1.807, 2.05) is 0 Å². The lowest BCUT2D eigenvalue weighted by Gasteiger charge is -2.33. The summed E-state index contributed by atoms with van der Waals surface area (Å²) in [6.45, 7) is 5.74. The van der Waals surface area contributed by atoms with Crippen molar-refractivity contribution in [3.8, 4) is 0 Å². The van der Waals surface area contributed by atoms with Gasteiger partial charge in [-0.1, -0.05) is 30.3 Å². The van der Waals surface area contributed by atoms with Crippen molar-refractivity contribution in [2.45, 2.75) is 13.0 Å². The molecule has 1 fully saturated rings. The molecule has 1 aliphatic rings. The molecule has 20 heavy (non-hydrogen) atoms. The Morgan fingerprint density at radius 2 is 2.05 bits per heavy atom. The molecule has 106 valence electrons. The Morgan fingerprint density at radius 1 is 1.40 bits per heavy atom. The lowest BCUT2D eigenvalue weighted by atomic mass is 9.89. The topological polar surface area (TPSA) is 67.4 Å². The molecule has 1 aromatic carbocycles. The number of benzene rings is 1. The molecule has 0 aromatic heterocycles. The third-order valence-electron chi connectivity index (χ3n) is 3.04. The highest BCUT2D eigenvalue weighted by atomic mass is 35.5. The van der Waals surface area contributed by atoms with Crippen molar-refractivity contribution >= 4 is 23.6 Å². The molecule has 2 atom stereocenters. The van der Waals surface area contributed by atoms with E-state index in [0.29, 0.717) is 10.7 Å². The van der Waals surface area contributed by atoms with E-state index in [-0.39, 0.29) is 6.61 Å². The first-order valence-electron chi connectivity index (χ1n) is 6.21. The van der Waals surface area contributed by atoms with Crippen LogP contribution in [0, 0.1) is 5.92 Å². The van der Waals surface area contributed by atoms with Gasteiger partial charge in [0.1, 0.15) is 5.92 Å². The summed E-state index contributed by atoms with van der Waals surface area (Å²) < 4.78 is 5.05. The Kier molecular flexibility index (Phi) is 4.29. The van der Waals surface area contributed by atoms with Gasteiger partial charge in [-0.2, -0.15) is 0 Å². The third-order valence-corrected chi connectivity index (χ3v) is 3.29. The smallest absolute Gasteiger partial charge is 0.319 e. The number of ether oxygens (including phenoxy) is 1. The maximum Gasteiger partial charge on any atom is 0.319 e. The molecular formula is C14H15ClN2O3. The quantitative estimate of drug-likeness (QED) is 0.841. The molecule has 2 rings (SSSR count). The first-order valence-corrected chi connectivity index (χ1v) is 6.59. The van der Waals surface area contributed by atoms with Crippen LogP contribution in [0.4, 0.5) is 4.79 Å². The zero-order valence-electron chi connectivity index (χ0n) is 11.0. The van der Waals surface area contributed by atoms with Crippen LogP contribution < -0.4 is 10.6 Å². The van der Waals surface area contributed by atoms with Gasteiger partial charge in [-0.05, 0) is 24.6 Å². The SMILES string of the molecule is C=C1NC(=O)NC(c2ccc(Cl)cc2)C1C(=O)OCC. The van der Waals surface area contributed by atoms with Gasteiger partial charge >= 0.3 is 12.0 Å². The predicted molar refractivity (Wildman–Crippen MR) is 75.1 cm³/mol. The van der Waals surface area contributed by atoms with E-state index in [2.05, 4.69) is 17.2 Å². The Labute approximate surface area is 121 Å². The number of carbonyl (C=O) groups excluding carboxylic acids is 2. The minimum atomic E-state index is -0.672. The normalized spacial score (nSPS) is 21.9. The van der Waals surface area contributed by atoms with Gasteiger partial charge in [0.05, 0.1) is 12.6 Å². The van der Waals surface area contributed by atoms with Crippen LogP contribution in [-0.4, -0.2) is 18.6 Å². The zero-order chi connectivity index (χ0) is 14.7. The fourth-order valence-corrected chi connectivity index (χ4v) is 2.27. The molecule has 2 amide bonds. The predicted octanol–water partition coefficient (Wildman–Crippen LogP) is 2.39. The summed E-state index contributed by atoms with van der Waals surface area (Å²) in [5, 5.41) is 5.81. The Balaban J connectivity index is 2.33. The molecule has 2 N–H and O–H groups in total. The van der Waals surface area contributed by atoms with Crippen molar-refractivity contribution in [3.63, 3.8) is 0 Å². The van der Waals surface area contributed by atoms with Crippen LogP contribution in [0.5, 0.6) is 0 Å². The zero-order valence-corrected chi connectivity index (χ0v) is 11.7. The first kappa shape index (κ1) is 14.4. The average molecular weight is 295 g/mol. The monoisotopic (exact) mass is 294 g/mol. The van der Waals surface area contributed by atoms with Gasteiger partial charge in [-0.25, -0.2) is 4.79 Å². The summed E-state index contributed by atoms with van der Waals surface area (Å²) in [5.41, 5.74) is 1.09. The van der Waals surface area contributed by atoms with Crippen LogP contribution in [0.3, 0.4) is 0 Å². The highest BCUT2D eigenvalue weighted by Gasteiger charge is 2.38. The molecule has 0 bridgehead atoms. The Bertz CT molecular complexity index is 542. The number of halogens is 1. The van der Waals surface area contributed by atoms with E-state index in [4.69, 9.17) is 16.3 Å². The number of rotatable bonds is 3. The second kappa shape index (κ2) is 5.96. The minimum absolute atomic E-state index is 0.268. The van der Waals surface area contributed by atoms with E-state index in [1.165, 1.54) is 0 Å². The third kappa shape index (κ3) is 2.93. The summed E-state index contributed by atoms with van der Waals surface area (Å²) in [7, 11) is 0. The van der Waals surface area contributed by atoms with Crippen molar-refractivity contribution in [1.29, 1.82) is 0 Å².